The number of aromatic nitrogens is 2. The number of nitrogens with one attached hydrogen (secondary N) is 2. The molecule has 0 unspecified atom stereocenters. The Balaban J connectivity index is 1.66. The number of sulfonamides is 1. The second-order valence-corrected chi connectivity index (χ2v) is 8.13. The molecule has 0 fully saturated rings. The van der Waals surface area contributed by atoms with E-state index in [9.17, 15) is 13.2 Å². The summed E-state index contributed by atoms with van der Waals surface area (Å²) in [4.78, 5) is 15.8. The Kier molecular flexibility index (Phi) is 4.77. The molecule has 8 heteroatoms. The van der Waals surface area contributed by atoms with Crippen molar-refractivity contribution in [2.75, 3.05) is 10.0 Å². The molecule has 2 aromatic carbocycles. The van der Waals surface area contributed by atoms with Gasteiger partial charge in [0.25, 0.3) is 10.0 Å². The Hall–Kier alpha value is -3.65. The molecule has 2 N–H and O–H groups in total. The van der Waals surface area contributed by atoms with Gasteiger partial charge in [0.15, 0.2) is 0 Å². The van der Waals surface area contributed by atoms with Crippen molar-refractivity contribution in [2.45, 2.75) is 11.8 Å². The van der Waals surface area contributed by atoms with Gasteiger partial charge in [-0.1, -0.05) is 24.3 Å². The number of carbonyl (C=O) groups is 1. The van der Waals surface area contributed by atoms with Crippen molar-refractivity contribution in [3.63, 3.8) is 0 Å². The summed E-state index contributed by atoms with van der Waals surface area (Å²) in [6, 6.07) is 18.8. The number of hydrogen-bond acceptors (Lipinski definition) is 4. The Bertz CT molecular complexity index is 1260. The Morgan fingerprint density at radius 1 is 0.966 bits per heavy atom. The number of carbonyl (C=O) groups excluding carboxylic acids is 1. The third-order valence-electron chi connectivity index (χ3n) is 4.30. The molecule has 0 atom stereocenters. The molecule has 2 aromatic heterocycles. The fourth-order valence-corrected chi connectivity index (χ4v) is 4.06. The fraction of sp³-hybridized carbons (Fsp3) is 0.0476. The number of anilines is 2. The van der Waals surface area contributed by atoms with Gasteiger partial charge in [-0.3, -0.25) is 9.52 Å². The van der Waals surface area contributed by atoms with E-state index in [0.717, 1.165) is 5.65 Å². The van der Waals surface area contributed by atoms with Crippen LogP contribution in [0.25, 0.3) is 16.9 Å². The van der Waals surface area contributed by atoms with E-state index in [4.69, 9.17) is 0 Å². The second kappa shape index (κ2) is 7.40. The van der Waals surface area contributed by atoms with Crippen LogP contribution in [0.4, 0.5) is 11.4 Å². The van der Waals surface area contributed by atoms with E-state index in [1.54, 1.807) is 24.3 Å². The van der Waals surface area contributed by atoms with Gasteiger partial charge >= 0.3 is 0 Å². The van der Waals surface area contributed by atoms with Crippen LogP contribution >= 0.6 is 0 Å². The van der Waals surface area contributed by atoms with E-state index in [1.807, 2.05) is 47.1 Å². The fourth-order valence-electron chi connectivity index (χ4n) is 2.98. The van der Waals surface area contributed by atoms with Gasteiger partial charge in [-0.2, -0.15) is 0 Å². The van der Waals surface area contributed by atoms with Gasteiger partial charge in [0.1, 0.15) is 5.65 Å². The Labute approximate surface area is 168 Å². The molecule has 1 amide bonds. The average molecular weight is 406 g/mol. The molecular weight excluding hydrogens is 388 g/mol. The lowest BCUT2D eigenvalue weighted by Crippen LogP contribution is -2.14. The van der Waals surface area contributed by atoms with E-state index in [0.29, 0.717) is 22.6 Å². The third kappa shape index (κ3) is 3.97. The second-order valence-electron chi connectivity index (χ2n) is 6.45. The normalized spacial score (nSPS) is 11.3. The van der Waals surface area contributed by atoms with Gasteiger partial charge in [0.05, 0.1) is 16.3 Å². The van der Waals surface area contributed by atoms with Crippen LogP contribution in [0.2, 0.25) is 0 Å². The largest absolute Gasteiger partial charge is 0.326 e. The number of pyridine rings is 1. The third-order valence-corrected chi connectivity index (χ3v) is 5.68. The van der Waals surface area contributed by atoms with E-state index in [1.165, 1.54) is 19.1 Å². The minimum Gasteiger partial charge on any atom is -0.326 e. The molecule has 146 valence electrons. The Morgan fingerprint density at radius 3 is 2.41 bits per heavy atom. The zero-order valence-corrected chi connectivity index (χ0v) is 16.3. The molecule has 0 saturated heterocycles. The quantitative estimate of drug-likeness (QED) is 0.528. The highest BCUT2D eigenvalue weighted by molar-refractivity contribution is 7.92. The molecule has 7 nitrogen and oxygen atoms in total. The first kappa shape index (κ1) is 18.7. The molecule has 0 aliphatic rings. The van der Waals surface area contributed by atoms with Crippen LogP contribution in [0.3, 0.4) is 0 Å². The van der Waals surface area contributed by atoms with E-state index >= 15 is 0 Å². The van der Waals surface area contributed by atoms with Gasteiger partial charge < -0.3 is 9.72 Å². The molecule has 0 aliphatic heterocycles. The maximum absolute atomic E-state index is 12.9. The maximum atomic E-state index is 12.9. The van der Waals surface area contributed by atoms with Crippen molar-refractivity contribution in [2.24, 2.45) is 0 Å². The van der Waals surface area contributed by atoms with Gasteiger partial charge in [-0.05, 0) is 42.5 Å². The number of amides is 1. The molecule has 29 heavy (non-hydrogen) atoms. The molecule has 4 rings (SSSR count). The summed E-state index contributed by atoms with van der Waals surface area (Å²) in [5, 5.41) is 2.61. The van der Waals surface area contributed by atoms with E-state index in [-0.39, 0.29) is 10.8 Å². The molecule has 0 aliphatic carbocycles. The molecule has 0 spiro atoms. The summed E-state index contributed by atoms with van der Waals surface area (Å²) in [6.45, 7) is 1.39. The lowest BCUT2D eigenvalue weighted by Gasteiger charge is -2.12. The lowest BCUT2D eigenvalue weighted by molar-refractivity contribution is -0.114. The number of rotatable bonds is 5. The highest BCUT2D eigenvalue weighted by Crippen LogP contribution is 2.29. The summed E-state index contributed by atoms with van der Waals surface area (Å²) < 4.78 is 30.3. The Morgan fingerprint density at radius 2 is 1.69 bits per heavy atom. The van der Waals surface area contributed by atoms with Crippen LogP contribution in [0.1, 0.15) is 6.92 Å². The maximum Gasteiger partial charge on any atom is 0.261 e. The zero-order chi connectivity index (χ0) is 20.4. The predicted molar refractivity (Wildman–Crippen MR) is 112 cm³/mol. The van der Waals surface area contributed by atoms with Crippen molar-refractivity contribution >= 4 is 33.0 Å². The molecule has 4 aromatic rings. The molecule has 2 heterocycles. The van der Waals surface area contributed by atoms with Crippen molar-refractivity contribution in [1.82, 2.24) is 9.38 Å². The highest BCUT2D eigenvalue weighted by Gasteiger charge is 2.17. The van der Waals surface area contributed by atoms with Crippen molar-refractivity contribution in [1.29, 1.82) is 0 Å². The number of hydrogen-bond donors (Lipinski definition) is 2. The van der Waals surface area contributed by atoms with Crippen LogP contribution in [0.15, 0.2) is 84.0 Å². The number of fused-ring (bicyclic) bond motifs is 1. The summed E-state index contributed by atoms with van der Waals surface area (Å²) in [7, 11) is -3.82. The highest BCUT2D eigenvalue weighted by atomic mass is 32.2. The molecular formula is C21H18N4O3S. The topological polar surface area (TPSA) is 92.6 Å². The molecule has 0 radical (unpaired) electrons. The van der Waals surface area contributed by atoms with Gasteiger partial charge in [0.2, 0.25) is 5.91 Å². The summed E-state index contributed by atoms with van der Waals surface area (Å²) in [6.07, 6.45) is 3.74. The predicted octanol–water partition coefficient (Wildman–Crippen LogP) is 3.76. The zero-order valence-electron chi connectivity index (χ0n) is 15.5. The van der Waals surface area contributed by atoms with Crippen LogP contribution in [0.5, 0.6) is 0 Å². The lowest BCUT2D eigenvalue weighted by atomic mass is 10.1. The van der Waals surface area contributed by atoms with Crippen LogP contribution in [-0.4, -0.2) is 23.7 Å². The number of imidazole rings is 1. The molecule has 0 saturated carbocycles. The van der Waals surface area contributed by atoms with Crippen molar-refractivity contribution in [3.05, 3.63) is 79.1 Å². The number of nitrogens with zero attached hydrogens (tertiary/aromatic N) is 2. The van der Waals surface area contributed by atoms with Crippen LogP contribution in [-0.2, 0) is 14.8 Å². The number of para-hydroxylation sites is 1. The van der Waals surface area contributed by atoms with E-state index in [2.05, 4.69) is 15.0 Å². The van der Waals surface area contributed by atoms with Crippen molar-refractivity contribution < 1.29 is 13.2 Å². The summed E-state index contributed by atoms with van der Waals surface area (Å²) >= 11 is 0. The standard InChI is InChI=1S/C21H18N4O3S/c1-15(26)22-16-9-11-17(12-10-16)29(27,28)24-19-7-3-2-6-18(19)20-14-25-13-5-4-8-21(25)23-20/h2-14,24H,1H3,(H,22,26). The monoisotopic (exact) mass is 406 g/mol. The van der Waals surface area contributed by atoms with Gasteiger partial charge in [-0.25, -0.2) is 13.4 Å². The van der Waals surface area contributed by atoms with Gasteiger partial charge in [0, 0.05) is 30.6 Å². The number of benzene rings is 2. The summed E-state index contributed by atoms with van der Waals surface area (Å²) in [5.41, 5.74) is 3.07. The van der Waals surface area contributed by atoms with Crippen molar-refractivity contribution in [3.8, 4) is 11.3 Å². The van der Waals surface area contributed by atoms with Gasteiger partial charge in [-0.15, -0.1) is 0 Å². The minimum atomic E-state index is -3.82. The summed E-state index contributed by atoms with van der Waals surface area (Å²) in [5.74, 6) is -0.222. The first-order valence-electron chi connectivity index (χ1n) is 8.86. The minimum absolute atomic E-state index is 0.0939. The smallest absolute Gasteiger partial charge is 0.261 e. The molecule has 0 bridgehead atoms. The van der Waals surface area contributed by atoms with E-state index < -0.39 is 10.0 Å². The first-order valence-corrected chi connectivity index (χ1v) is 10.3. The first-order chi connectivity index (χ1) is 13.9. The average Bonchev–Trinajstić information content (AvgIpc) is 3.12. The SMILES string of the molecule is CC(=O)Nc1ccc(S(=O)(=O)Nc2ccccc2-c2cn3ccccc3n2)cc1. The van der Waals surface area contributed by atoms with Crippen LogP contribution in [0, 0.1) is 0 Å². The van der Waals surface area contributed by atoms with Crippen LogP contribution < -0.4 is 10.0 Å².